The molecule has 0 bridgehead atoms. The van der Waals surface area contributed by atoms with Crippen LogP contribution in [0, 0.1) is 5.41 Å². The molecule has 118 valence electrons. The number of halogens is 1. The zero-order valence-corrected chi connectivity index (χ0v) is 13.5. The van der Waals surface area contributed by atoms with Gasteiger partial charge in [-0.15, -0.1) is 11.6 Å². The minimum atomic E-state index is -0.833. The van der Waals surface area contributed by atoms with Gasteiger partial charge in [-0.2, -0.15) is 0 Å². The standard InChI is InChI=1S/C15H22ClNO4/c1-15(2,9-16)14(19)17-8-11(18)10-5-6-12(20-3)13(7-10)21-4/h5-7,11,18H,8-9H2,1-4H3,(H,17,19). The van der Waals surface area contributed by atoms with Crippen molar-refractivity contribution in [2.75, 3.05) is 26.6 Å². The summed E-state index contributed by atoms with van der Waals surface area (Å²) in [5, 5.41) is 12.8. The summed E-state index contributed by atoms with van der Waals surface area (Å²) in [6, 6.07) is 5.12. The van der Waals surface area contributed by atoms with Gasteiger partial charge in [-0.3, -0.25) is 4.79 Å². The van der Waals surface area contributed by atoms with Crippen molar-refractivity contribution in [3.63, 3.8) is 0 Å². The smallest absolute Gasteiger partial charge is 0.226 e. The van der Waals surface area contributed by atoms with E-state index in [1.807, 2.05) is 0 Å². The molecule has 21 heavy (non-hydrogen) atoms. The summed E-state index contributed by atoms with van der Waals surface area (Å²) in [7, 11) is 3.07. The Morgan fingerprint density at radius 1 is 1.33 bits per heavy atom. The zero-order chi connectivity index (χ0) is 16.0. The van der Waals surface area contributed by atoms with Gasteiger partial charge in [0.05, 0.1) is 25.7 Å². The molecule has 1 amide bonds. The summed E-state index contributed by atoms with van der Waals surface area (Å²) in [6.07, 6.45) is -0.833. The number of benzene rings is 1. The van der Waals surface area contributed by atoms with Crippen LogP contribution in [0.3, 0.4) is 0 Å². The molecule has 0 fully saturated rings. The van der Waals surface area contributed by atoms with Crippen molar-refractivity contribution in [3.05, 3.63) is 23.8 Å². The Kier molecular flexibility index (Phi) is 6.30. The number of aliphatic hydroxyl groups is 1. The van der Waals surface area contributed by atoms with Gasteiger partial charge in [0.1, 0.15) is 0 Å². The molecule has 0 spiro atoms. The van der Waals surface area contributed by atoms with Gasteiger partial charge in [0.15, 0.2) is 11.5 Å². The fourth-order valence-electron chi connectivity index (χ4n) is 1.67. The van der Waals surface area contributed by atoms with Crippen molar-refractivity contribution in [2.24, 2.45) is 5.41 Å². The maximum atomic E-state index is 11.9. The Balaban J connectivity index is 2.72. The van der Waals surface area contributed by atoms with Crippen LogP contribution < -0.4 is 14.8 Å². The van der Waals surface area contributed by atoms with Crippen LogP contribution in [0.1, 0.15) is 25.5 Å². The molecular weight excluding hydrogens is 294 g/mol. The number of rotatable bonds is 7. The summed E-state index contributed by atoms with van der Waals surface area (Å²) in [4.78, 5) is 11.9. The highest BCUT2D eigenvalue weighted by Gasteiger charge is 2.26. The van der Waals surface area contributed by atoms with E-state index in [-0.39, 0.29) is 18.3 Å². The van der Waals surface area contributed by atoms with Crippen LogP contribution in [0.4, 0.5) is 0 Å². The number of nitrogens with one attached hydrogen (secondary N) is 1. The van der Waals surface area contributed by atoms with Crippen molar-refractivity contribution in [1.29, 1.82) is 0 Å². The van der Waals surface area contributed by atoms with Gasteiger partial charge >= 0.3 is 0 Å². The van der Waals surface area contributed by atoms with Gasteiger partial charge in [0.2, 0.25) is 5.91 Å². The van der Waals surface area contributed by atoms with E-state index in [1.54, 1.807) is 39.2 Å². The predicted molar refractivity (Wildman–Crippen MR) is 82.0 cm³/mol. The van der Waals surface area contributed by atoms with Gasteiger partial charge in [0.25, 0.3) is 0 Å². The largest absolute Gasteiger partial charge is 0.493 e. The highest BCUT2D eigenvalue weighted by molar-refractivity contribution is 6.19. The summed E-state index contributed by atoms with van der Waals surface area (Å²) in [6.45, 7) is 3.60. The molecule has 1 atom stereocenters. The molecule has 0 aliphatic rings. The molecule has 6 heteroatoms. The second-order valence-corrected chi connectivity index (χ2v) is 5.63. The Morgan fingerprint density at radius 2 is 1.95 bits per heavy atom. The molecule has 0 aromatic heterocycles. The molecular formula is C15H22ClNO4. The molecule has 0 radical (unpaired) electrons. The first-order valence-electron chi connectivity index (χ1n) is 6.60. The summed E-state index contributed by atoms with van der Waals surface area (Å²) < 4.78 is 10.3. The zero-order valence-electron chi connectivity index (χ0n) is 12.8. The summed E-state index contributed by atoms with van der Waals surface area (Å²) in [5.74, 6) is 1.13. The molecule has 0 saturated heterocycles. The van der Waals surface area contributed by atoms with Crippen LogP contribution in [0.2, 0.25) is 0 Å². The first kappa shape index (κ1) is 17.6. The number of amides is 1. The maximum absolute atomic E-state index is 11.9. The number of ether oxygens (including phenoxy) is 2. The molecule has 1 rings (SSSR count). The minimum absolute atomic E-state index is 0.106. The van der Waals surface area contributed by atoms with Gasteiger partial charge in [-0.05, 0) is 31.5 Å². The second-order valence-electron chi connectivity index (χ2n) is 5.36. The summed E-state index contributed by atoms with van der Waals surface area (Å²) >= 11 is 5.74. The number of alkyl halides is 1. The fraction of sp³-hybridized carbons (Fsp3) is 0.533. The Bertz CT molecular complexity index is 491. The van der Waals surface area contributed by atoms with Crippen molar-refractivity contribution in [1.82, 2.24) is 5.32 Å². The van der Waals surface area contributed by atoms with Crippen molar-refractivity contribution in [2.45, 2.75) is 20.0 Å². The Labute approximate surface area is 130 Å². The molecule has 0 heterocycles. The van der Waals surface area contributed by atoms with Crippen LogP contribution in [0.15, 0.2) is 18.2 Å². The number of aliphatic hydroxyl groups excluding tert-OH is 1. The highest BCUT2D eigenvalue weighted by Crippen LogP contribution is 2.29. The fourth-order valence-corrected chi connectivity index (χ4v) is 1.79. The van der Waals surface area contributed by atoms with Crippen LogP contribution in [-0.4, -0.2) is 37.7 Å². The SMILES string of the molecule is COc1ccc(C(O)CNC(=O)C(C)(C)CCl)cc1OC. The Hall–Kier alpha value is -1.46. The molecule has 0 saturated carbocycles. The quantitative estimate of drug-likeness (QED) is 0.756. The number of carbonyl (C=O) groups is 1. The second kappa shape index (κ2) is 7.52. The van der Waals surface area contributed by atoms with E-state index in [0.29, 0.717) is 17.1 Å². The van der Waals surface area contributed by atoms with Gasteiger partial charge in [-0.1, -0.05) is 6.07 Å². The van der Waals surface area contributed by atoms with E-state index < -0.39 is 11.5 Å². The molecule has 5 nitrogen and oxygen atoms in total. The normalized spacial score (nSPS) is 12.7. The molecule has 0 aliphatic carbocycles. The van der Waals surface area contributed by atoms with E-state index in [2.05, 4.69) is 5.32 Å². The first-order chi connectivity index (χ1) is 9.85. The van der Waals surface area contributed by atoms with E-state index in [4.69, 9.17) is 21.1 Å². The van der Waals surface area contributed by atoms with Crippen molar-refractivity contribution >= 4 is 17.5 Å². The highest BCUT2D eigenvalue weighted by atomic mass is 35.5. The number of hydrogen-bond donors (Lipinski definition) is 2. The van der Waals surface area contributed by atoms with Gasteiger partial charge in [0, 0.05) is 12.4 Å². The molecule has 0 aliphatic heterocycles. The molecule has 2 N–H and O–H groups in total. The van der Waals surface area contributed by atoms with E-state index in [9.17, 15) is 9.90 Å². The minimum Gasteiger partial charge on any atom is -0.493 e. The predicted octanol–water partition coefficient (Wildman–Crippen LogP) is 2.12. The third kappa shape index (κ3) is 4.51. The summed E-state index contributed by atoms with van der Waals surface area (Å²) in [5.41, 5.74) is -0.0320. The number of methoxy groups -OCH3 is 2. The van der Waals surface area contributed by atoms with E-state index in [0.717, 1.165) is 0 Å². The van der Waals surface area contributed by atoms with Gasteiger partial charge < -0.3 is 19.9 Å². The molecule has 1 aromatic rings. The lowest BCUT2D eigenvalue weighted by Gasteiger charge is -2.22. The topological polar surface area (TPSA) is 67.8 Å². The first-order valence-corrected chi connectivity index (χ1v) is 7.13. The number of hydrogen-bond acceptors (Lipinski definition) is 4. The average Bonchev–Trinajstić information content (AvgIpc) is 2.51. The van der Waals surface area contributed by atoms with Crippen LogP contribution in [0.5, 0.6) is 11.5 Å². The lowest BCUT2D eigenvalue weighted by molar-refractivity contribution is -0.128. The van der Waals surface area contributed by atoms with Crippen LogP contribution >= 0.6 is 11.6 Å². The number of carbonyl (C=O) groups excluding carboxylic acids is 1. The average molecular weight is 316 g/mol. The van der Waals surface area contributed by atoms with Crippen molar-refractivity contribution < 1.29 is 19.4 Å². The lowest BCUT2D eigenvalue weighted by Crippen LogP contribution is -2.40. The lowest BCUT2D eigenvalue weighted by atomic mass is 9.95. The van der Waals surface area contributed by atoms with Crippen LogP contribution in [0.25, 0.3) is 0 Å². The molecule has 1 unspecified atom stereocenters. The van der Waals surface area contributed by atoms with Crippen LogP contribution in [-0.2, 0) is 4.79 Å². The maximum Gasteiger partial charge on any atom is 0.226 e. The monoisotopic (exact) mass is 315 g/mol. The van der Waals surface area contributed by atoms with Gasteiger partial charge in [-0.25, -0.2) is 0 Å². The van der Waals surface area contributed by atoms with E-state index in [1.165, 1.54) is 7.11 Å². The van der Waals surface area contributed by atoms with Crippen molar-refractivity contribution in [3.8, 4) is 11.5 Å². The Morgan fingerprint density at radius 3 is 2.48 bits per heavy atom. The third-order valence-corrected chi connectivity index (χ3v) is 3.87. The third-order valence-electron chi connectivity index (χ3n) is 3.20. The molecule has 1 aromatic carbocycles. The van der Waals surface area contributed by atoms with E-state index >= 15 is 0 Å².